The van der Waals surface area contributed by atoms with E-state index in [4.69, 9.17) is 0 Å². The Bertz CT molecular complexity index is 1550. The second-order valence-electron chi connectivity index (χ2n) is 11.3. The third-order valence-corrected chi connectivity index (χ3v) is 8.02. The first-order valence-corrected chi connectivity index (χ1v) is 13.3. The van der Waals surface area contributed by atoms with E-state index in [1.54, 1.807) is 0 Å². The van der Waals surface area contributed by atoms with Gasteiger partial charge in [0.05, 0.1) is 11.1 Å². The van der Waals surface area contributed by atoms with Crippen molar-refractivity contribution < 1.29 is 9.90 Å². The van der Waals surface area contributed by atoms with E-state index in [0.29, 0.717) is 23.0 Å². The normalized spacial score (nSPS) is 19.8. The molecule has 0 fully saturated rings. The third kappa shape index (κ3) is 3.91. The van der Waals surface area contributed by atoms with Gasteiger partial charge in [0.15, 0.2) is 0 Å². The van der Waals surface area contributed by atoms with Crippen LogP contribution in [-0.4, -0.2) is 10.9 Å². The summed E-state index contributed by atoms with van der Waals surface area (Å²) in [6.07, 6.45) is 10.7. The van der Waals surface area contributed by atoms with Crippen LogP contribution in [0.3, 0.4) is 0 Å². The van der Waals surface area contributed by atoms with Gasteiger partial charge in [-0.25, -0.2) is 0 Å². The largest absolute Gasteiger partial charge is 0.506 e. The number of allylic oxidation sites excluding steroid dienone is 13. The molecule has 0 saturated carbocycles. The maximum atomic E-state index is 13.8. The van der Waals surface area contributed by atoms with Crippen LogP contribution in [0.2, 0.25) is 0 Å². The molecule has 0 aromatic carbocycles. The molecule has 0 aliphatic heterocycles. The zero-order valence-electron chi connectivity index (χ0n) is 23.2. The van der Waals surface area contributed by atoms with Crippen LogP contribution in [0.25, 0.3) is 16.7 Å². The maximum absolute atomic E-state index is 13.8. The van der Waals surface area contributed by atoms with Crippen LogP contribution in [0.5, 0.6) is 0 Å². The molecule has 0 radical (unpaired) electrons. The summed E-state index contributed by atoms with van der Waals surface area (Å²) in [7, 11) is 0. The molecule has 0 unspecified atom stereocenters. The minimum atomic E-state index is -0.0781. The highest BCUT2D eigenvalue weighted by atomic mass is 16.3. The molecule has 5 rings (SSSR count). The fourth-order valence-electron chi connectivity index (χ4n) is 5.77. The molecule has 0 saturated heterocycles. The molecule has 2 nitrogen and oxygen atoms in total. The maximum Gasteiger partial charge on any atom is 0.201 e. The van der Waals surface area contributed by atoms with Gasteiger partial charge in [0.1, 0.15) is 5.76 Å². The first-order valence-electron chi connectivity index (χ1n) is 13.3. The Balaban J connectivity index is 1.70. The Labute approximate surface area is 221 Å². The highest BCUT2D eigenvalue weighted by molar-refractivity contribution is 6.40. The standard InChI is InChI=1S/C35H36O2/c1-18(2)24-11-9-10-20(5)30-26(16-24)22(7)14-28(30)32-34(36)33(35(32)37)29-15-23(8)27-17-25(19(3)4)13-12-21(6)31(27)29/h9-19,36H,1-8H3. The van der Waals surface area contributed by atoms with Crippen molar-refractivity contribution in [1.82, 2.24) is 0 Å². The summed E-state index contributed by atoms with van der Waals surface area (Å²) in [6, 6.07) is 8.61. The van der Waals surface area contributed by atoms with E-state index in [2.05, 4.69) is 110 Å². The molecule has 0 aromatic heterocycles. The Morgan fingerprint density at radius 2 is 1.46 bits per heavy atom. The van der Waals surface area contributed by atoms with Crippen molar-refractivity contribution in [2.45, 2.75) is 61.3 Å². The fraction of sp³-hybridized carbons (Fsp3) is 0.286. The number of aliphatic hydroxyl groups is 1. The zero-order chi connectivity index (χ0) is 26.8. The molecule has 0 bridgehead atoms. The van der Waals surface area contributed by atoms with Crippen molar-refractivity contribution in [2.24, 2.45) is 5.92 Å². The summed E-state index contributed by atoms with van der Waals surface area (Å²) < 4.78 is 0. The summed E-state index contributed by atoms with van der Waals surface area (Å²) in [5, 5.41) is 11.4. The van der Waals surface area contributed by atoms with E-state index < -0.39 is 0 Å². The van der Waals surface area contributed by atoms with E-state index in [-0.39, 0.29) is 11.5 Å². The average molecular weight is 489 g/mol. The summed E-state index contributed by atoms with van der Waals surface area (Å²) in [4.78, 5) is 13.8. The predicted octanol–water partition coefficient (Wildman–Crippen LogP) is 9.04. The van der Waals surface area contributed by atoms with Gasteiger partial charge in [0, 0.05) is 0 Å². The summed E-state index contributed by atoms with van der Waals surface area (Å²) in [5.41, 5.74) is 13.9. The second-order valence-corrected chi connectivity index (χ2v) is 11.3. The van der Waals surface area contributed by atoms with Crippen LogP contribution in [0.1, 0.15) is 69.7 Å². The van der Waals surface area contributed by atoms with Crippen molar-refractivity contribution in [3.05, 3.63) is 122 Å². The molecule has 5 aliphatic carbocycles. The Morgan fingerprint density at radius 1 is 0.730 bits per heavy atom. The van der Waals surface area contributed by atoms with E-state index in [1.807, 2.05) is 0 Å². The zero-order valence-corrected chi connectivity index (χ0v) is 23.2. The smallest absolute Gasteiger partial charge is 0.201 e. The number of ketones is 1. The van der Waals surface area contributed by atoms with E-state index in [0.717, 1.165) is 55.7 Å². The lowest BCUT2D eigenvalue weighted by molar-refractivity contribution is -0.111. The number of aryl methyl sites for hydroxylation is 2. The molecule has 0 heterocycles. The number of carbonyl (C=O) groups excluding carboxylic acids is 1. The van der Waals surface area contributed by atoms with Gasteiger partial charge in [-0.05, 0) is 118 Å². The highest BCUT2D eigenvalue weighted by Gasteiger charge is 2.41. The molecule has 0 atom stereocenters. The third-order valence-electron chi connectivity index (χ3n) is 8.02. The van der Waals surface area contributed by atoms with Gasteiger partial charge in [0.25, 0.3) is 0 Å². The summed E-state index contributed by atoms with van der Waals surface area (Å²) in [5.74, 6) is 0.826. The van der Waals surface area contributed by atoms with Crippen LogP contribution in [0.4, 0.5) is 0 Å². The van der Waals surface area contributed by atoms with Gasteiger partial charge in [-0.2, -0.15) is 0 Å². The molecule has 37 heavy (non-hydrogen) atoms. The van der Waals surface area contributed by atoms with E-state index in [9.17, 15) is 9.90 Å². The number of carbonyl (C=O) groups is 1. The molecule has 5 aliphatic rings. The lowest BCUT2D eigenvalue weighted by Gasteiger charge is -2.25. The topological polar surface area (TPSA) is 37.3 Å². The number of hydrogen-bond acceptors (Lipinski definition) is 2. The van der Waals surface area contributed by atoms with Gasteiger partial charge in [-0.1, -0.05) is 70.2 Å². The fourth-order valence-corrected chi connectivity index (χ4v) is 5.77. The number of Topliss-reactive ketones (excluding diaryl/α,β-unsaturated/α-hetero) is 1. The van der Waals surface area contributed by atoms with Gasteiger partial charge in [-0.15, -0.1) is 0 Å². The number of rotatable bonds is 3. The van der Waals surface area contributed by atoms with Crippen molar-refractivity contribution in [1.29, 1.82) is 0 Å². The van der Waals surface area contributed by atoms with Crippen molar-refractivity contribution in [3.8, 4) is 11.1 Å². The Hall–Kier alpha value is -3.65. The van der Waals surface area contributed by atoms with Gasteiger partial charge in [-0.3, -0.25) is 4.79 Å². The second kappa shape index (κ2) is 9.03. The van der Waals surface area contributed by atoms with Crippen molar-refractivity contribution in [3.63, 3.8) is 0 Å². The molecular formula is C35H36O2. The molecule has 2 heteroatoms. The van der Waals surface area contributed by atoms with E-state index >= 15 is 0 Å². The molecule has 0 amide bonds. The number of aliphatic hydroxyl groups excluding tert-OH is 1. The molecule has 188 valence electrons. The SMILES string of the molecule is CC1=CC(=C2C(=O)C(c3cc(C)c4cc(C(C)C)ccc(C)c3-4)=C2O)C2=C1C=C(C(C)C)C=CC=C2C. The van der Waals surface area contributed by atoms with Crippen LogP contribution in [0.15, 0.2) is 99.4 Å². The Kier molecular flexibility index (Phi) is 6.10. The lowest BCUT2D eigenvalue weighted by atomic mass is 9.78. The summed E-state index contributed by atoms with van der Waals surface area (Å²) in [6.45, 7) is 17.1. The summed E-state index contributed by atoms with van der Waals surface area (Å²) >= 11 is 0. The first-order chi connectivity index (χ1) is 17.5. The first kappa shape index (κ1) is 25.0. The molecular weight excluding hydrogens is 452 g/mol. The van der Waals surface area contributed by atoms with Crippen molar-refractivity contribution in [2.75, 3.05) is 0 Å². The van der Waals surface area contributed by atoms with Gasteiger partial charge in [0.2, 0.25) is 5.78 Å². The van der Waals surface area contributed by atoms with E-state index in [1.165, 1.54) is 11.1 Å². The van der Waals surface area contributed by atoms with Crippen LogP contribution in [-0.2, 0) is 4.79 Å². The predicted molar refractivity (Wildman–Crippen MR) is 155 cm³/mol. The van der Waals surface area contributed by atoms with Crippen LogP contribution in [0, 0.1) is 19.8 Å². The Morgan fingerprint density at radius 3 is 2.11 bits per heavy atom. The van der Waals surface area contributed by atoms with Gasteiger partial charge < -0.3 is 5.11 Å². The monoisotopic (exact) mass is 488 g/mol. The minimum absolute atomic E-state index is 0.0781. The van der Waals surface area contributed by atoms with Gasteiger partial charge >= 0.3 is 0 Å². The van der Waals surface area contributed by atoms with Crippen molar-refractivity contribution >= 4 is 11.4 Å². The molecule has 0 spiro atoms. The number of hydrogen-bond donors (Lipinski definition) is 1. The molecule has 0 aromatic rings. The van der Waals surface area contributed by atoms with Crippen LogP contribution >= 0.6 is 0 Å². The van der Waals surface area contributed by atoms with Crippen LogP contribution < -0.4 is 0 Å². The quantitative estimate of drug-likeness (QED) is 0.438. The minimum Gasteiger partial charge on any atom is -0.506 e. The average Bonchev–Trinajstić information content (AvgIpc) is 3.21. The lowest BCUT2D eigenvalue weighted by Crippen LogP contribution is -2.23. The molecule has 1 N–H and O–H groups in total. The number of fused-ring (bicyclic) bond motifs is 1. The highest BCUT2D eigenvalue weighted by Crippen LogP contribution is 2.49.